The lowest BCUT2D eigenvalue weighted by Crippen LogP contribution is -2.39. The minimum Gasteiger partial charge on any atom is -0.469 e. The molecular weight excluding hydrogens is 320 g/mol. The van der Waals surface area contributed by atoms with Gasteiger partial charge in [-0.05, 0) is 18.9 Å². The van der Waals surface area contributed by atoms with Crippen LogP contribution in [0.2, 0.25) is 0 Å². The van der Waals surface area contributed by atoms with E-state index in [0.29, 0.717) is 25.9 Å². The zero-order valence-corrected chi connectivity index (χ0v) is 15.1. The number of ether oxygens (including phenoxy) is 1. The quantitative estimate of drug-likeness (QED) is 0.797. The van der Waals surface area contributed by atoms with Crippen molar-refractivity contribution in [3.63, 3.8) is 0 Å². The number of nitrogens with zero attached hydrogens (tertiary/aromatic N) is 1. The van der Waals surface area contributed by atoms with Gasteiger partial charge in [0.05, 0.1) is 13.2 Å². The van der Waals surface area contributed by atoms with E-state index in [0.717, 1.165) is 5.56 Å². The average Bonchev–Trinajstić information content (AvgIpc) is 2.98. The van der Waals surface area contributed by atoms with Crippen LogP contribution >= 0.6 is 0 Å². The summed E-state index contributed by atoms with van der Waals surface area (Å²) in [4.78, 5) is 36.9. The second-order valence-electron chi connectivity index (χ2n) is 6.55. The Morgan fingerprint density at radius 3 is 2.44 bits per heavy atom. The fourth-order valence-electron chi connectivity index (χ4n) is 3.21. The van der Waals surface area contributed by atoms with E-state index in [1.807, 2.05) is 19.1 Å². The van der Waals surface area contributed by atoms with E-state index in [9.17, 15) is 14.4 Å². The third-order valence-electron chi connectivity index (χ3n) is 4.57. The number of aryl methyl sites for hydroxylation is 1. The number of amides is 2. The first kappa shape index (κ1) is 19.0. The number of hydrogen-bond donors (Lipinski definition) is 1. The Bertz CT molecular complexity index is 627. The average molecular weight is 346 g/mol. The van der Waals surface area contributed by atoms with Crippen molar-refractivity contribution in [3.8, 4) is 0 Å². The van der Waals surface area contributed by atoms with Crippen molar-refractivity contribution in [2.75, 3.05) is 20.2 Å². The smallest absolute Gasteiger partial charge is 0.305 e. The van der Waals surface area contributed by atoms with Crippen molar-refractivity contribution in [3.05, 3.63) is 35.4 Å². The van der Waals surface area contributed by atoms with Crippen LogP contribution in [-0.4, -0.2) is 48.9 Å². The minimum atomic E-state index is -0.303. The molecular formula is C19H26N2O4. The van der Waals surface area contributed by atoms with E-state index in [1.165, 1.54) is 19.6 Å². The summed E-state index contributed by atoms with van der Waals surface area (Å²) in [6.45, 7) is 4.59. The second kappa shape index (κ2) is 8.65. The molecule has 136 valence electrons. The molecule has 0 aliphatic carbocycles. The number of methoxy groups -OCH3 is 1. The lowest BCUT2D eigenvalue weighted by atomic mass is 9.93. The summed E-state index contributed by atoms with van der Waals surface area (Å²) in [5.41, 5.74) is 2.29. The van der Waals surface area contributed by atoms with Gasteiger partial charge in [0.15, 0.2) is 0 Å². The van der Waals surface area contributed by atoms with Crippen molar-refractivity contribution < 1.29 is 19.1 Å². The molecule has 2 atom stereocenters. The van der Waals surface area contributed by atoms with Crippen LogP contribution in [0.25, 0.3) is 0 Å². The van der Waals surface area contributed by atoms with Gasteiger partial charge in [0.2, 0.25) is 11.8 Å². The summed E-state index contributed by atoms with van der Waals surface area (Å²) in [7, 11) is 1.34. The molecule has 6 heteroatoms. The van der Waals surface area contributed by atoms with Crippen LogP contribution in [0.4, 0.5) is 0 Å². The monoisotopic (exact) mass is 346 g/mol. The zero-order chi connectivity index (χ0) is 18.4. The van der Waals surface area contributed by atoms with Gasteiger partial charge in [-0.15, -0.1) is 0 Å². The molecule has 0 aromatic heterocycles. The van der Waals surface area contributed by atoms with E-state index in [4.69, 9.17) is 0 Å². The number of likely N-dealkylation sites (tertiary alicyclic amines) is 1. The van der Waals surface area contributed by atoms with Crippen LogP contribution in [0.15, 0.2) is 24.3 Å². The standard InChI is InChI=1S/C19H26N2O4/c1-13-7-9-15(10-8-13)16-11-21(12-17(16)20-14(2)22)18(23)5-4-6-19(24)25-3/h7-10,16-17H,4-6,11-12H2,1-3H3,(H,20,22). The fraction of sp³-hybridized carbons (Fsp3) is 0.526. The maximum Gasteiger partial charge on any atom is 0.305 e. The lowest BCUT2D eigenvalue weighted by molar-refractivity contribution is -0.141. The number of hydrogen-bond acceptors (Lipinski definition) is 4. The van der Waals surface area contributed by atoms with Gasteiger partial charge in [0.1, 0.15) is 0 Å². The van der Waals surface area contributed by atoms with E-state index in [2.05, 4.69) is 22.2 Å². The molecule has 2 amide bonds. The molecule has 25 heavy (non-hydrogen) atoms. The van der Waals surface area contributed by atoms with Gasteiger partial charge in [0.25, 0.3) is 0 Å². The Kier molecular flexibility index (Phi) is 6.56. The van der Waals surface area contributed by atoms with Crippen LogP contribution < -0.4 is 5.32 Å². The third-order valence-corrected chi connectivity index (χ3v) is 4.57. The largest absolute Gasteiger partial charge is 0.469 e. The van der Waals surface area contributed by atoms with Crippen molar-refractivity contribution in [1.82, 2.24) is 10.2 Å². The summed E-state index contributed by atoms with van der Waals surface area (Å²) < 4.78 is 4.59. The van der Waals surface area contributed by atoms with Crippen LogP contribution in [0.1, 0.15) is 43.2 Å². The van der Waals surface area contributed by atoms with Gasteiger partial charge < -0.3 is 15.0 Å². The van der Waals surface area contributed by atoms with Gasteiger partial charge in [-0.25, -0.2) is 0 Å². The SMILES string of the molecule is COC(=O)CCCC(=O)N1CC(NC(C)=O)C(c2ccc(C)cc2)C1. The highest BCUT2D eigenvalue weighted by atomic mass is 16.5. The zero-order valence-electron chi connectivity index (χ0n) is 15.1. The normalized spacial score (nSPS) is 19.6. The predicted molar refractivity (Wildman–Crippen MR) is 94.0 cm³/mol. The molecule has 2 rings (SSSR count). The van der Waals surface area contributed by atoms with Crippen molar-refractivity contribution >= 4 is 17.8 Å². The lowest BCUT2D eigenvalue weighted by Gasteiger charge is -2.19. The van der Waals surface area contributed by atoms with Crippen molar-refractivity contribution in [2.45, 2.75) is 45.1 Å². The number of rotatable bonds is 6. The number of carbonyl (C=O) groups is 3. The highest BCUT2D eigenvalue weighted by molar-refractivity contribution is 5.78. The van der Waals surface area contributed by atoms with Crippen LogP contribution in [0.5, 0.6) is 0 Å². The maximum atomic E-state index is 12.4. The van der Waals surface area contributed by atoms with Gasteiger partial charge >= 0.3 is 5.97 Å². The van der Waals surface area contributed by atoms with Gasteiger partial charge in [-0.2, -0.15) is 0 Å². The summed E-state index contributed by atoms with van der Waals surface area (Å²) in [6.07, 6.45) is 1.02. The highest BCUT2D eigenvalue weighted by Crippen LogP contribution is 2.28. The molecule has 1 fully saturated rings. The molecule has 0 radical (unpaired) electrons. The van der Waals surface area contributed by atoms with Gasteiger partial charge in [-0.3, -0.25) is 14.4 Å². The topological polar surface area (TPSA) is 75.7 Å². The van der Waals surface area contributed by atoms with Crippen LogP contribution in [-0.2, 0) is 19.1 Å². The van der Waals surface area contributed by atoms with Gasteiger partial charge in [0, 0.05) is 38.8 Å². The molecule has 6 nitrogen and oxygen atoms in total. The fourth-order valence-corrected chi connectivity index (χ4v) is 3.21. The summed E-state index contributed by atoms with van der Waals surface area (Å²) in [5.74, 6) is -0.312. The van der Waals surface area contributed by atoms with Crippen LogP contribution in [0.3, 0.4) is 0 Å². The van der Waals surface area contributed by atoms with Crippen molar-refractivity contribution in [1.29, 1.82) is 0 Å². The summed E-state index contributed by atoms with van der Waals surface area (Å²) >= 11 is 0. The Balaban J connectivity index is 2.02. The molecule has 1 saturated heterocycles. The Hall–Kier alpha value is -2.37. The second-order valence-corrected chi connectivity index (χ2v) is 6.55. The Labute approximate surface area is 148 Å². The Morgan fingerprint density at radius 1 is 1.16 bits per heavy atom. The minimum absolute atomic E-state index is 0.00821. The number of nitrogens with one attached hydrogen (secondary N) is 1. The van der Waals surface area contributed by atoms with E-state index >= 15 is 0 Å². The predicted octanol–water partition coefficient (Wildman–Crippen LogP) is 1.77. The summed E-state index contributed by atoms with van der Waals surface area (Å²) in [5, 5.41) is 2.97. The first-order valence-electron chi connectivity index (χ1n) is 8.59. The first-order valence-corrected chi connectivity index (χ1v) is 8.59. The molecule has 0 bridgehead atoms. The van der Waals surface area contributed by atoms with Gasteiger partial charge in [-0.1, -0.05) is 29.8 Å². The molecule has 2 unspecified atom stereocenters. The molecule has 1 aromatic carbocycles. The molecule has 0 saturated carbocycles. The van der Waals surface area contributed by atoms with E-state index < -0.39 is 0 Å². The van der Waals surface area contributed by atoms with E-state index in [1.54, 1.807) is 4.90 Å². The van der Waals surface area contributed by atoms with Crippen LogP contribution in [0, 0.1) is 6.92 Å². The molecule has 1 aromatic rings. The molecule has 1 N–H and O–H groups in total. The summed E-state index contributed by atoms with van der Waals surface area (Å²) in [6, 6.07) is 8.10. The number of esters is 1. The molecule has 1 aliphatic heterocycles. The van der Waals surface area contributed by atoms with E-state index in [-0.39, 0.29) is 36.2 Å². The number of benzene rings is 1. The third kappa shape index (κ3) is 5.31. The molecule has 0 spiro atoms. The molecule has 1 aliphatic rings. The first-order chi connectivity index (χ1) is 11.9. The Morgan fingerprint density at radius 2 is 1.84 bits per heavy atom. The highest BCUT2D eigenvalue weighted by Gasteiger charge is 2.36. The maximum absolute atomic E-state index is 12.4. The molecule has 1 heterocycles. The number of carbonyl (C=O) groups excluding carboxylic acids is 3. The van der Waals surface area contributed by atoms with Crippen molar-refractivity contribution in [2.24, 2.45) is 0 Å².